The van der Waals surface area contributed by atoms with Crippen molar-refractivity contribution in [3.8, 4) is 0 Å². The summed E-state index contributed by atoms with van der Waals surface area (Å²) in [5, 5.41) is 0. The van der Waals surface area contributed by atoms with E-state index in [1.54, 1.807) is 0 Å². The van der Waals surface area contributed by atoms with Gasteiger partial charge in [-0.15, -0.1) is 0 Å². The number of hydrogen-bond acceptors (Lipinski definition) is 1. The Hall–Kier alpha value is -1.50. The van der Waals surface area contributed by atoms with Gasteiger partial charge in [0.15, 0.2) is 0 Å². The Morgan fingerprint density at radius 2 is 1.71 bits per heavy atom. The van der Waals surface area contributed by atoms with Crippen LogP contribution >= 0.6 is 0 Å². The molecule has 1 aromatic rings. The molecule has 0 spiro atoms. The summed E-state index contributed by atoms with van der Waals surface area (Å²) in [6, 6.07) is 4.54. The third-order valence-corrected chi connectivity index (χ3v) is 4.94. The van der Waals surface area contributed by atoms with Gasteiger partial charge >= 0.3 is 0 Å². The number of hydrogen-bond donors (Lipinski definition) is 1. The van der Waals surface area contributed by atoms with E-state index in [-0.39, 0.29) is 0 Å². The van der Waals surface area contributed by atoms with Crippen LogP contribution in [0.25, 0.3) is 0 Å². The zero-order chi connectivity index (χ0) is 17.9. The zero-order valence-corrected chi connectivity index (χ0v) is 16.5. The van der Waals surface area contributed by atoms with Gasteiger partial charge in [0, 0.05) is 12.1 Å². The fraction of sp³-hybridized carbons (Fsp3) is 0.565. The molecule has 0 radical (unpaired) electrons. The van der Waals surface area contributed by atoms with E-state index in [1.807, 2.05) is 25.2 Å². The molecule has 1 nitrogen and oxygen atoms in total. The first-order valence-electron chi connectivity index (χ1n) is 9.64. The molecule has 1 saturated carbocycles. The van der Waals surface area contributed by atoms with Crippen molar-refractivity contribution in [2.24, 2.45) is 11.7 Å². The van der Waals surface area contributed by atoms with Crippen LogP contribution in [-0.4, -0.2) is 0 Å². The summed E-state index contributed by atoms with van der Waals surface area (Å²) in [6.07, 6.45) is 15.3. The Morgan fingerprint density at radius 1 is 1.12 bits per heavy atom. The molecule has 24 heavy (non-hydrogen) atoms. The van der Waals surface area contributed by atoms with Crippen molar-refractivity contribution in [2.75, 3.05) is 0 Å². The Labute approximate surface area is 150 Å². The summed E-state index contributed by atoms with van der Waals surface area (Å²) in [5.41, 5.74) is 12.4. The Bertz CT molecular complexity index is 522. The van der Waals surface area contributed by atoms with Crippen molar-refractivity contribution in [2.45, 2.75) is 79.6 Å². The molecule has 134 valence electrons. The molecule has 1 aliphatic rings. The molecule has 0 atom stereocenters. The second-order valence-corrected chi connectivity index (χ2v) is 7.25. The predicted octanol–water partition coefficient (Wildman–Crippen LogP) is 6.41. The maximum absolute atomic E-state index is 6.01. The lowest BCUT2D eigenvalue weighted by Gasteiger charge is -2.15. The summed E-state index contributed by atoms with van der Waals surface area (Å²) < 4.78 is 0. The largest absolute Gasteiger partial charge is 0.402 e. The molecule has 1 heteroatoms. The third-order valence-electron chi connectivity index (χ3n) is 4.94. The van der Waals surface area contributed by atoms with Crippen LogP contribution in [0.15, 0.2) is 36.1 Å². The van der Waals surface area contributed by atoms with Crippen LogP contribution in [0.5, 0.6) is 0 Å². The normalized spacial score (nSPS) is 16.1. The van der Waals surface area contributed by atoms with Gasteiger partial charge in [0.1, 0.15) is 0 Å². The van der Waals surface area contributed by atoms with Gasteiger partial charge in [0.05, 0.1) is 0 Å². The zero-order valence-electron chi connectivity index (χ0n) is 16.5. The number of aryl methyl sites for hydroxylation is 3. The molecule has 0 saturated heterocycles. The lowest BCUT2D eigenvalue weighted by molar-refractivity contribution is 0.385. The van der Waals surface area contributed by atoms with Crippen LogP contribution in [0, 0.1) is 19.8 Å². The van der Waals surface area contributed by atoms with Crippen molar-refractivity contribution >= 4 is 0 Å². The minimum absolute atomic E-state index is 0.839. The van der Waals surface area contributed by atoms with E-state index < -0.39 is 0 Å². The van der Waals surface area contributed by atoms with Crippen LogP contribution in [0.2, 0.25) is 0 Å². The molecule has 2 rings (SSSR count). The van der Waals surface area contributed by atoms with Crippen molar-refractivity contribution in [3.05, 3.63) is 58.3 Å². The maximum atomic E-state index is 6.01. The lowest BCUT2D eigenvalue weighted by atomic mass is 9.91. The number of benzene rings is 1. The van der Waals surface area contributed by atoms with Crippen molar-refractivity contribution < 1.29 is 0 Å². The van der Waals surface area contributed by atoms with Gasteiger partial charge in [-0.25, -0.2) is 0 Å². The highest BCUT2D eigenvalue weighted by atomic mass is 14.6. The molecule has 0 heterocycles. The summed E-state index contributed by atoms with van der Waals surface area (Å²) >= 11 is 0. The van der Waals surface area contributed by atoms with Gasteiger partial charge < -0.3 is 5.73 Å². The van der Waals surface area contributed by atoms with Gasteiger partial charge in [-0.2, -0.15) is 0 Å². The standard InChI is InChI=1S/C16H23N.C7H14/c1-5-7-8-15(17)11-16-12(3)9-14(6-2)10-13(16)4;1-7-5-3-2-4-6-7/h5,7-10H,6,11,17H2,1-4H3;7H,2-6H2,1H3/b7-5-,15-8-;. The summed E-state index contributed by atoms with van der Waals surface area (Å²) in [7, 11) is 0. The Morgan fingerprint density at radius 3 is 2.12 bits per heavy atom. The van der Waals surface area contributed by atoms with E-state index in [9.17, 15) is 0 Å². The first-order valence-corrected chi connectivity index (χ1v) is 9.64. The molecule has 0 amide bonds. The second-order valence-electron chi connectivity index (χ2n) is 7.25. The highest BCUT2D eigenvalue weighted by Gasteiger charge is 2.06. The van der Waals surface area contributed by atoms with Crippen molar-refractivity contribution in [1.29, 1.82) is 0 Å². The van der Waals surface area contributed by atoms with E-state index in [4.69, 9.17) is 5.73 Å². The van der Waals surface area contributed by atoms with Gasteiger partial charge in [-0.05, 0) is 61.4 Å². The minimum Gasteiger partial charge on any atom is -0.402 e. The topological polar surface area (TPSA) is 26.0 Å². The van der Waals surface area contributed by atoms with Crippen molar-refractivity contribution in [1.82, 2.24) is 0 Å². The fourth-order valence-electron chi connectivity index (χ4n) is 3.36. The number of nitrogens with two attached hydrogens (primary N) is 1. The number of rotatable bonds is 4. The quantitative estimate of drug-likeness (QED) is 0.635. The number of allylic oxidation sites excluding steroid dienone is 4. The van der Waals surface area contributed by atoms with Crippen LogP contribution in [0.1, 0.15) is 75.1 Å². The smallest absolute Gasteiger partial charge is 0.0126 e. The molecule has 1 fully saturated rings. The van der Waals surface area contributed by atoms with Crippen LogP contribution in [0.4, 0.5) is 0 Å². The monoisotopic (exact) mass is 327 g/mol. The minimum atomic E-state index is 0.839. The van der Waals surface area contributed by atoms with Crippen LogP contribution in [0.3, 0.4) is 0 Å². The van der Waals surface area contributed by atoms with Gasteiger partial charge in [-0.1, -0.05) is 70.2 Å². The van der Waals surface area contributed by atoms with Gasteiger partial charge in [0.2, 0.25) is 0 Å². The average molecular weight is 328 g/mol. The molecule has 0 aliphatic heterocycles. The van der Waals surface area contributed by atoms with Crippen LogP contribution < -0.4 is 5.73 Å². The van der Waals surface area contributed by atoms with Gasteiger partial charge in [0.25, 0.3) is 0 Å². The van der Waals surface area contributed by atoms with Crippen molar-refractivity contribution in [3.63, 3.8) is 0 Å². The SMILES string of the molecule is C/C=C\C=C(/N)Cc1c(C)cc(CC)cc1C.CC1CCCCC1. The maximum Gasteiger partial charge on any atom is 0.0126 e. The molecule has 1 aliphatic carbocycles. The van der Waals surface area contributed by atoms with Crippen LogP contribution in [-0.2, 0) is 12.8 Å². The highest BCUT2D eigenvalue weighted by molar-refractivity contribution is 5.40. The van der Waals surface area contributed by atoms with Gasteiger partial charge in [-0.3, -0.25) is 0 Å². The molecular weight excluding hydrogens is 290 g/mol. The van der Waals surface area contributed by atoms with E-state index in [1.165, 1.54) is 54.4 Å². The average Bonchev–Trinajstić information content (AvgIpc) is 2.57. The highest BCUT2D eigenvalue weighted by Crippen LogP contribution is 2.22. The van der Waals surface area contributed by atoms with E-state index in [2.05, 4.69) is 39.8 Å². The molecule has 2 N–H and O–H groups in total. The van der Waals surface area contributed by atoms with E-state index in [0.717, 1.165) is 24.5 Å². The molecular formula is C23H37N. The molecule has 0 unspecified atom stereocenters. The lowest BCUT2D eigenvalue weighted by Crippen LogP contribution is -2.05. The molecule has 0 bridgehead atoms. The first kappa shape index (κ1) is 20.5. The second kappa shape index (κ2) is 11.1. The van der Waals surface area contributed by atoms with E-state index in [0.29, 0.717) is 0 Å². The fourth-order valence-corrected chi connectivity index (χ4v) is 3.36. The Balaban J connectivity index is 0.000000341. The first-order chi connectivity index (χ1) is 11.5. The summed E-state index contributed by atoms with van der Waals surface area (Å²) in [4.78, 5) is 0. The van der Waals surface area contributed by atoms with E-state index >= 15 is 0 Å². The third kappa shape index (κ3) is 7.38. The molecule has 1 aromatic carbocycles. The predicted molar refractivity (Wildman–Crippen MR) is 108 cm³/mol. The summed E-state index contributed by atoms with van der Waals surface area (Å²) in [5.74, 6) is 1.04. The molecule has 0 aromatic heterocycles. The Kier molecular flexibility index (Phi) is 9.52. The summed E-state index contributed by atoms with van der Waals surface area (Å²) in [6.45, 7) is 10.9.